The monoisotopic (exact) mass is 493 g/mol. The molecule has 4 aromatic rings. The Kier molecular flexibility index (Phi) is 8.65. The minimum Gasteiger partial charge on any atom is -0.497 e. The first-order valence-corrected chi connectivity index (χ1v) is 12.5. The summed E-state index contributed by atoms with van der Waals surface area (Å²) in [6, 6.07) is 17.6. The zero-order valence-electron chi connectivity index (χ0n) is 20.1. The van der Waals surface area contributed by atoms with Gasteiger partial charge in [0.25, 0.3) is 5.56 Å². The van der Waals surface area contributed by atoms with E-state index in [4.69, 9.17) is 14.5 Å². The molecule has 2 aromatic carbocycles. The average Bonchev–Trinajstić information content (AvgIpc) is 3.29. The number of thiophene rings is 1. The number of aliphatic hydroxyl groups is 1. The molecule has 1 unspecified atom stereocenters. The number of rotatable bonds is 12. The maximum atomic E-state index is 13.1. The number of fused-ring (bicyclic) bond motifs is 1. The van der Waals surface area contributed by atoms with Crippen LogP contribution in [0, 0.1) is 0 Å². The molecule has 8 heteroatoms. The maximum absolute atomic E-state index is 13.1. The van der Waals surface area contributed by atoms with Crippen molar-refractivity contribution in [3.8, 4) is 16.9 Å². The minimum absolute atomic E-state index is 0.154. The Morgan fingerprint density at radius 2 is 1.89 bits per heavy atom. The fourth-order valence-corrected chi connectivity index (χ4v) is 5.15. The molecule has 0 fully saturated rings. The third-order valence-electron chi connectivity index (χ3n) is 5.87. The van der Waals surface area contributed by atoms with Crippen molar-refractivity contribution in [1.29, 1.82) is 0 Å². The SMILES string of the molecule is COCCCN(Cc1nc2scc(-c3ccc(OC)cc3)c2c(=O)[nH]1)CC(O)Cc1ccccc1. The molecule has 0 spiro atoms. The number of benzene rings is 2. The smallest absolute Gasteiger partial charge is 0.260 e. The number of hydrogen-bond donors (Lipinski definition) is 2. The molecule has 184 valence electrons. The van der Waals surface area contributed by atoms with Gasteiger partial charge in [-0.05, 0) is 36.1 Å². The quantitative estimate of drug-likeness (QED) is 0.289. The van der Waals surface area contributed by atoms with Crippen molar-refractivity contribution >= 4 is 21.6 Å². The Labute approximate surface area is 209 Å². The van der Waals surface area contributed by atoms with Gasteiger partial charge < -0.3 is 19.6 Å². The van der Waals surface area contributed by atoms with E-state index in [0.717, 1.165) is 35.4 Å². The summed E-state index contributed by atoms with van der Waals surface area (Å²) < 4.78 is 10.4. The van der Waals surface area contributed by atoms with Crippen LogP contribution in [0.25, 0.3) is 21.3 Å². The van der Waals surface area contributed by atoms with Gasteiger partial charge in [-0.25, -0.2) is 4.98 Å². The summed E-state index contributed by atoms with van der Waals surface area (Å²) >= 11 is 1.46. The van der Waals surface area contributed by atoms with E-state index in [9.17, 15) is 9.90 Å². The lowest BCUT2D eigenvalue weighted by Crippen LogP contribution is -2.35. The Balaban J connectivity index is 1.52. The molecule has 0 saturated heterocycles. The van der Waals surface area contributed by atoms with Crippen LogP contribution in [-0.2, 0) is 17.7 Å². The molecule has 2 N–H and O–H groups in total. The fourth-order valence-electron chi connectivity index (χ4n) is 4.18. The summed E-state index contributed by atoms with van der Waals surface area (Å²) in [5.74, 6) is 1.36. The molecule has 7 nitrogen and oxygen atoms in total. The summed E-state index contributed by atoms with van der Waals surface area (Å²) in [6.07, 6.45) is 0.862. The molecule has 0 radical (unpaired) electrons. The average molecular weight is 494 g/mol. The molecule has 2 aromatic heterocycles. The van der Waals surface area contributed by atoms with Gasteiger partial charge in [-0.3, -0.25) is 9.69 Å². The van der Waals surface area contributed by atoms with Crippen molar-refractivity contribution in [2.24, 2.45) is 0 Å². The van der Waals surface area contributed by atoms with Crippen molar-refractivity contribution in [2.75, 3.05) is 33.9 Å². The number of H-pyrrole nitrogens is 1. The molecular weight excluding hydrogens is 462 g/mol. The van der Waals surface area contributed by atoms with Gasteiger partial charge in [0, 0.05) is 37.7 Å². The summed E-state index contributed by atoms with van der Waals surface area (Å²) in [6.45, 7) is 2.27. The van der Waals surface area contributed by atoms with E-state index in [-0.39, 0.29) is 5.56 Å². The Bertz CT molecular complexity index is 1270. The molecule has 4 rings (SSSR count). The third kappa shape index (κ3) is 6.55. The van der Waals surface area contributed by atoms with Crippen LogP contribution in [0.4, 0.5) is 0 Å². The normalized spacial score (nSPS) is 12.3. The number of ether oxygens (including phenoxy) is 2. The van der Waals surface area contributed by atoms with Gasteiger partial charge in [-0.2, -0.15) is 0 Å². The lowest BCUT2D eigenvalue weighted by Gasteiger charge is -2.24. The Morgan fingerprint density at radius 1 is 1.11 bits per heavy atom. The largest absolute Gasteiger partial charge is 0.497 e. The van der Waals surface area contributed by atoms with Crippen LogP contribution in [0.15, 0.2) is 64.8 Å². The summed E-state index contributed by atoms with van der Waals surface area (Å²) in [4.78, 5) is 23.6. The van der Waals surface area contributed by atoms with Crippen LogP contribution in [0.1, 0.15) is 17.8 Å². The topological polar surface area (TPSA) is 87.7 Å². The predicted molar refractivity (Wildman–Crippen MR) is 140 cm³/mol. The molecule has 0 saturated carbocycles. The van der Waals surface area contributed by atoms with E-state index in [1.807, 2.05) is 60.0 Å². The first-order chi connectivity index (χ1) is 17.1. The number of methoxy groups -OCH3 is 2. The molecular formula is C27H31N3O4S. The molecule has 35 heavy (non-hydrogen) atoms. The molecule has 0 bridgehead atoms. The number of aliphatic hydroxyl groups excluding tert-OH is 1. The van der Waals surface area contributed by atoms with Gasteiger partial charge in [0.05, 0.1) is 25.1 Å². The molecule has 0 aliphatic heterocycles. The van der Waals surface area contributed by atoms with E-state index >= 15 is 0 Å². The van der Waals surface area contributed by atoms with Crippen LogP contribution in [0.2, 0.25) is 0 Å². The van der Waals surface area contributed by atoms with Crippen molar-refractivity contribution in [3.05, 3.63) is 81.7 Å². The lowest BCUT2D eigenvalue weighted by atomic mass is 10.1. The predicted octanol–water partition coefficient (Wildman–Crippen LogP) is 4.10. The van der Waals surface area contributed by atoms with E-state index in [1.54, 1.807) is 14.2 Å². The maximum Gasteiger partial charge on any atom is 0.260 e. The highest BCUT2D eigenvalue weighted by molar-refractivity contribution is 7.17. The number of nitrogens with zero attached hydrogens (tertiary/aromatic N) is 2. The zero-order valence-corrected chi connectivity index (χ0v) is 20.9. The summed E-state index contributed by atoms with van der Waals surface area (Å²) in [5.41, 5.74) is 2.75. The first-order valence-electron chi connectivity index (χ1n) is 11.7. The van der Waals surface area contributed by atoms with Crippen molar-refractivity contribution in [3.63, 3.8) is 0 Å². The van der Waals surface area contributed by atoms with Gasteiger partial charge in [-0.1, -0.05) is 42.5 Å². The third-order valence-corrected chi connectivity index (χ3v) is 6.75. The fraction of sp³-hybridized carbons (Fsp3) is 0.333. The van der Waals surface area contributed by atoms with E-state index in [1.165, 1.54) is 11.3 Å². The minimum atomic E-state index is -0.529. The first kappa shape index (κ1) is 25.1. The highest BCUT2D eigenvalue weighted by atomic mass is 32.1. The summed E-state index contributed by atoms with van der Waals surface area (Å²) in [7, 11) is 3.31. The molecule has 0 aliphatic carbocycles. The van der Waals surface area contributed by atoms with Crippen LogP contribution in [-0.4, -0.2) is 60.0 Å². The second-order valence-corrected chi connectivity index (χ2v) is 9.35. The Morgan fingerprint density at radius 3 is 2.60 bits per heavy atom. The van der Waals surface area contributed by atoms with Crippen molar-refractivity contribution in [1.82, 2.24) is 14.9 Å². The van der Waals surface area contributed by atoms with Gasteiger partial charge >= 0.3 is 0 Å². The highest BCUT2D eigenvalue weighted by Crippen LogP contribution is 2.31. The van der Waals surface area contributed by atoms with Crippen molar-refractivity contribution in [2.45, 2.75) is 25.5 Å². The molecule has 1 atom stereocenters. The number of aromatic nitrogens is 2. The van der Waals surface area contributed by atoms with Crippen molar-refractivity contribution < 1.29 is 14.6 Å². The highest BCUT2D eigenvalue weighted by Gasteiger charge is 2.17. The van der Waals surface area contributed by atoms with Crippen LogP contribution >= 0.6 is 11.3 Å². The zero-order chi connectivity index (χ0) is 24.6. The van der Waals surface area contributed by atoms with Crippen LogP contribution in [0.5, 0.6) is 5.75 Å². The van der Waals surface area contributed by atoms with Gasteiger partial charge in [0.15, 0.2) is 0 Å². The number of hydrogen-bond acceptors (Lipinski definition) is 7. The van der Waals surface area contributed by atoms with Gasteiger partial charge in [0.2, 0.25) is 0 Å². The standard InChI is InChI=1S/C27H31N3O4S/c1-33-14-6-13-30(16-21(31)15-19-7-4-3-5-8-19)17-24-28-26(32)25-23(18-35-27(25)29-24)20-9-11-22(34-2)12-10-20/h3-5,7-12,18,21,31H,6,13-17H2,1-2H3,(H,28,29,32). The van der Waals surface area contributed by atoms with Crippen LogP contribution < -0.4 is 10.3 Å². The molecule has 2 heterocycles. The van der Waals surface area contributed by atoms with E-state index in [0.29, 0.717) is 42.2 Å². The second kappa shape index (κ2) is 12.1. The van der Waals surface area contributed by atoms with Crippen LogP contribution in [0.3, 0.4) is 0 Å². The lowest BCUT2D eigenvalue weighted by molar-refractivity contribution is 0.0980. The van der Waals surface area contributed by atoms with Gasteiger partial charge in [0.1, 0.15) is 16.4 Å². The Hall–Kier alpha value is -3.04. The number of nitrogens with one attached hydrogen (secondary N) is 1. The molecule has 0 amide bonds. The number of aromatic amines is 1. The van der Waals surface area contributed by atoms with E-state index < -0.39 is 6.10 Å². The van der Waals surface area contributed by atoms with E-state index in [2.05, 4.69) is 9.88 Å². The van der Waals surface area contributed by atoms with Gasteiger partial charge in [-0.15, -0.1) is 11.3 Å². The molecule has 0 aliphatic rings. The second-order valence-electron chi connectivity index (χ2n) is 8.50. The summed E-state index contributed by atoms with van der Waals surface area (Å²) in [5, 5.41) is 13.3.